The van der Waals surface area contributed by atoms with Crippen LogP contribution >= 0.6 is 0 Å². The number of nitro benzene ring substituents is 1. The van der Waals surface area contributed by atoms with Gasteiger partial charge in [-0.3, -0.25) is 10.1 Å². The lowest BCUT2D eigenvalue weighted by Crippen LogP contribution is -2.39. The molecule has 112 valence electrons. The van der Waals surface area contributed by atoms with Gasteiger partial charge in [-0.2, -0.15) is 4.31 Å². The quantitative estimate of drug-likeness (QED) is 0.649. The minimum Gasteiger partial charge on any atom is -0.329 e. The number of benzene rings is 1. The van der Waals surface area contributed by atoms with Crippen molar-refractivity contribution in [2.45, 2.75) is 31.7 Å². The number of likely N-dealkylation sites (N-methyl/N-ethyl adjacent to an activating group) is 1. The lowest BCUT2D eigenvalue weighted by molar-refractivity contribution is -0.385. The van der Waals surface area contributed by atoms with Gasteiger partial charge in [-0.25, -0.2) is 8.42 Å². The first-order valence-electron chi connectivity index (χ1n) is 6.06. The van der Waals surface area contributed by atoms with Crippen molar-refractivity contribution < 1.29 is 13.3 Å². The Bertz CT molecular complexity index is 628. The first-order chi connectivity index (χ1) is 9.12. The smallest absolute Gasteiger partial charge is 0.271 e. The van der Waals surface area contributed by atoms with Crippen LogP contribution in [0.5, 0.6) is 0 Å². The number of aryl methyl sites for hydroxylation is 1. The van der Waals surface area contributed by atoms with Crippen LogP contribution in [0.3, 0.4) is 0 Å². The van der Waals surface area contributed by atoms with Crippen LogP contribution in [0.15, 0.2) is 17.0 Å². The van der Waals surface area contributed by atoms with E-state index in [1.54, 1.807) is 20.8 Å². The molecule has 0 aromatic heterocycles. The minimum absolute atomic E-state index is 0.0491. The summed E-state index contributed by atoms with van der Waals surface area (Å²) in [6.07, 6.45) is 0. The third-order valence-corrected chi connectivity index (χ3v) is 5.53. The average molecular weight is 301 g/mol. The Morgan fingerprint density at radius 2 is 1.95 bits per heavy atom. The summed E-state index contributed by atoms with van der Waals surface area (Å²) in [5, 5.41) is 10.9. The van der Waals surface area contributed by atoms with E-state index < -0.39 is 14.9 Å². The van der Waals surface area contributed by atoms with E-state index in [0.717, 1.165) is 10.4 Å². The fourth-order valence-corrected chi connectivity index (χ4v) is 3.41. The third kappa shape index (κ3) is 2.97. The van der Waals surface area contributed by atoms with Crippen LogP contribution in [-0.4, -0.2) is 37.3 Å². The van der Waals surface area contributed by atoms with Gasteiger partial charge in [-0.05, 0) is 31.9 Å². The highest BCUT2D eigenvalue weighted by atomic mass is 32.2. The van der Waals surface area contributed by atoms with Crippen molar-refractivity contribution in [3.63, 3.8) is 0 Å². The van der Waals surface area contributed by atoms with E-state index in [-0.39, 0.29) is 23.2 Å². The number of nitrogens with two attached hydrogens (primary N) is 1. The van der Waals surface area contributed by atoms with Crippen molar-refractivity contribution in [2.24, 2.45) is 5.73 Å². The van der Waals surface area contributed by atoms with Crippen molar-refractivity contribution in [1.82, 2.24) is 4.31 Å². The van der Waals surface area contributed by atoms with Crippen LogP contribution < -0.4 is 5.73 Å². The summed E-state index contributed by atoms with van der Waals surface area (Å²) in [4.78, 5) is 10.2. The number of nitro groups is 1. The zero-order valence-corrected chi connectivity index (χ0v) is 12.8. The van der Waals surface area contributed by atoms with Gasteiger partial charge in [0.25, 0.3) is 5.69 Å². The Kier molecular flexibility index (Phi) is 4.85. The summed E-state index contributed by atoms with van der Waals surface area (Å²) < 4.78 is 26.2. The number of rotatable bonds is 5. The molecule has 2 N–H and O–H groups in total. The average Bonchev–Trinajstić information content (AvgIpc) is 2.39. The molecule has 1 atom stereocenters. The van der Waals surface area contributed by atoms with Crippen molar-refractivity contribution in [3.8, 4) is 0 Å². The molecule has 0 aliphatic heterocycles. The second-order valence-corrected chi connectivity index (χ2v) is 6.71. The Balaban J connectivity index is 3.49. The molecule has 0 saturated heterocycles. The van der Waals surface area contributed by atoms with Crippen LogP contribution in [0.2, 0.25) is 0 Å². The first kappa shape index (κ1) is 16.5. The zero-order valence-electron chi connectivity index (χ0n) is 12.0. The van der Waals surface area contributed by atoms with E-state index in [1.165, 1.54) is 13.1 Å². The molecule has 1 rings (SSSR count). The van der Waals surface area contributed by atoms with Gasteiger partial charge in [0.05, 0.1) is 9.82 Å². The van der Waals surface area contributed by atoms with Gasteiger partial charge in [0.15, 0.2) is 0 Å². The monoisotopic (exact) mass is 301 g/mol. The van der Waals surface area contributed by atoms with E-state index in [2.05, 4.69) is 0 Å². The molecule has 0 spiro atoms. The summed E-state index contributed by atoms with van der Waals surface area (Å²) in [5.41, 5.74) is 6.31. The second-order valence-electron chi connectivity index (χ2n) is 4.75. The van der Waals surface area contributed by atoms with Gasteiger partial charge in [0.2, 0.25) is 10.0 Å². The van der Waals surface area contributed by atoms with Crippen molar-refractivity contribution in [1.29, 1.82) is 0 Å². The summed E-state index contributed by atoms with van der Waals surface area (Å²) >= 11 is 0. The zero-order chi connectivity index (χ0) is 15.7. The normalized spacial score (nSPS) is 13.5. The first-order valence-corrected chi connectivity index (χ1v) is 7.50. The fourth-order valence-electron chi connectivity index (χ4n) is 1.72. The Hall–Kier alpha value is -1.51. The molecule has 1 unspecified atom stereocenters. The van der Waals surface area contributed by atoms with E-state index in [0.29, 0.717) is 11.1 Å². The minimum atomic E-state index is -3.81. The Morgan fingerprint density at radius 3 is 2.40 bits per heavy atom. The maximum absolute atomic E-state index is 12.5. The second kappa shape index (κ2) is 5.86. The van der Waals surface area contributed by atoms with Crippen LogP contribution in [-0.2, 0) is 10.0 Å². The lowest BCUT2D eigenvalue weighted by atomic mass is 10.1. The van der Waals surface area contributed by atoms with Gasteiger partial charge in [-0.1, -0.05) is 0 Å². The molecule has 1 aromatic carbocycles. The topological polar surface area (TPSA) is 107 Å². The van der Waals surface area contributed by atoms with Crippen LogP contribution in [0.1, 0.15) is 18.1 Å². The van der Waals surface area contributed by atoms with E-state index >= 15 is 0 Å². The van der Waals surface area contributed by atoms with Crippen molar-refractivity contribution in [2.75, 3.05) is 13.6 Å². The standard InChI is InChI=1S/C12H19N3O4S/c1-8-5-11(15(16)17)6-12(10(8)3)20(18,19)14(4)9(2)7-13/h5-6,9H,7,13H2,1-4H3. The molecule has 0 bridgehead atoms. The molecular formula is C12H19N3O4S. The van der Waals surface area contributed by atoms with E-state index in [9.17, 15) is 18.5 Å². The summed E-state index contributed by atoms with van der Waals surface area (Å²) in [5.74, 6) is 0. The predicted molar refractivity (Wildman–Crippen MR) is 76.0 cm³/mol. The van der Waals surface area contributed by atoms with Gasteiger partial charge in [-0.15, -0.1) is 0 Å². The van der Waals surface area contributed by atoms with Gasteiger partial charge >= 0.3 is 0 Å². The maximum atomic E-state index is 12.5. The Labute approximate surface area is 118 Å². The molecule has 0 saturated carbocycles. The van der Waals surface area contributed by atoms with Crippen LogP contribution in [0.4, 0.5) is 5.69 Å². The highest BCUT2D eigenvalue weighted by molar-refractivity contribution is 7.89. The molecule has 0 amide bonds. The van der Waals surface area contributed by atoms with Crippen molar-refractivity contribution in [3.05, 3.63) is 33.4 Å². The number of non-ortho nitro benzene ring substituents is 1. The molecule has 1 aromatic rings. The molecule has 0 aliphatic carbocycles. The fraction of sp³-hybridized carbons (Fsp3) is 0.500. The Morgan fingerprint density at radius 1 is 1.40 bits per heavy atom. The largest absolute Gasteiger partial charge is 0.329 e. The molecule has 0 fully saturated rings. The highest BCUT2D eigenvalue weighted by Gasteiger charge is 2.28. The molecular weight excluding hydrogens is 282 g/mol. The summed E-state index contributed by atoms with van der Waals surface area (Å²) in [7, 11) is -2.39. The molecule has 20 heavy (non-hydrogen) atoms. The lowest BCUT2D eigenvalue weighted by Gasteiger charge is -2.24. The number of hydrogen-bond acceptors (Lipinski definition) is 5. The third-order valence-electron chi connectivity index (χ3n) is 3.43. The molecule has 8 heteroatoms. The van der Waals surface area contributed by atoms with Gasteiger partial charge in [0.1, 0.15) is 0 Å². The van der Waals surface area contributed by atoms with Crippen LogP contribution in [0, 0.1) is 24.0 Å². The highest BCUT2D eigenvalue weighted by Crippen LogP contribution is 2.27. The summed E-state index contributed by atoms with van der Waals surface area (Å²) in [6.45, 7) is 5.13. The van der Waals surface area contributed by atoms with E-state index in [4.69, 9.17) is 5.73 Å². The summed E-state index contributed by atoms with van der Waals surface area (Å²) in [6, 6.07) is 2.07. The van der Waals surface area contributed by atoms with E-state index in [1.807, 2.05) is 0 Å². The molecule has 0 aliphatic rings. The van der Waals surface area contributed by atoms with Gasteiger partial charge < -0.3 is 5.73 Å². The maximum Gasteiger partial charge on any atom is 0.271 e. The van der Waals surface area contributed by atoms with Gasteiger partial charge in [0, 0.05) is 31.8 Å². The number of sulfonamides is 1. The van der Waals surface area contributed by atoms with Crippen LogP contribution in [0.25, 0.3) is 0 Å². The SMILES string of the molecule is Cc1cc([N+](=O)[O-])cc(S(=O)(=O)N(C)C(C)CN)c1C. The predicted octanol–water partition coefficient (Wildman–Crippen LogP) is 1.18. The molecule has 0 heterocycles. The molecule has 7 nitrogen and oxygen atoms in total. The number of hydrogen-bond donors (Lipinski definition) is 1. The molecule has 0 radical (unpaired) electrons. The van der Waals surface area contributed by atoms with Crippen molar-refractivity contribution >= 4 is 15.7 Å². The number of nitrogens with zero attached hydrogens (tertiary/aromatic N) is 2.